The smallest absolute Gasteiger partial charge is 0.325 e. The van der Waals surface area contributed by atoms with Crippen molar-refractivity contribution in [1.29, 1.82) is 0 Å². The van der Waals surface area contributed by atoms with Gasteiger partial charge < -0.3 is 9.50 Å². The lowest BCUT2D eigenvalue weighted by molar-refractivity contribution is -0.130. The number of carbonyl (C=O) groups excluding carboxylic acids is 2. The maximum atomic E-state index is 12.5. The van der Waals surface area contributed by atoms with Crippen LogP contribution in [0.4, 0.5) is 4.79 Å². The van der Waals surface area contributed by atoms with Crippen LogP contribution in [0.25, 0.3) is 0 Å². The molecule has 8 heteroatoms. The van der Waals surface area contributed by atoms with Gasteiger partial charge in [-0.25, -0.2) is 4.79 Å². The first kappa shape index (κ1) is 17.7. The number of benzene rings is 1. The molecule has 1 spiro atoms. The summed E-state index contributed by atoms with van der Waals surface area (Å²) in [5.74, 6) is -0.520. The van der Waals surface area contributed by atoms with Gasteiger partial charge in [-0.2, -0.15) is 8.42 Å². The Balaban J connectivity index is 1.66. The minimum Gasteiger partial charge on any atom is -0.382 e. The zero-order chi connectivity index (χ0) is 18.2. The number of hydrogen-bond acceptors (Lipinski definition) is 5. The molecule has 1 N–H and O–H groups in total. The predicted molar refractivity (Wildman–Crippen MR) is 91.8 cm³/mol. The van der Waals surface area contributed by atoms with Crippen LogP contribution < -0.4 is 9.50 Å². The van der Waals surface area contributed by atoms with Gasteiger partial charge in [-0.05, 0) is 49.9 Å². The number of hydrogen-bond donors (Lipinski definition) is 1. The number of imide groups is 1. The molecule has 2 aliphatic rings. The van der Waals surface area contributed by atoms with Crippen molar-refractivity contribution in [2.75, 3.05) is 12.3 Å². The molecule has 1 aromatic rings. The van der Waals surface area contributed by atoms with Crippen LogP contribution in [0.1, 0.15) is 36.8 Å². The van der Waals surface area contributed by atoms with E-state index in [1.165, 1.54) is 0 Å². The Kier molecular flexibility index (Phi) is 4.49. The fraction of sp³-hybridized carbons (Fsp3) is 0.529. The summed E-state index contributed by atoms with van der Waals surface area (Å²) in [5.41, 5.74) is 0.958. The van der Waals surface area contributed by atoms with E-state index in [1.807, 2.05) is 19.9 Å². The first-order chi connectivity index (χ1) is 11.7. The molecule has 1 heterocycles. The van der Waals surface area contributed by atoms with Crippen LogP contribution >= 0.6 is 0 Å². The number of aryl methyl sites for hydroxylation is 2. The monoisotopic (exact) mass is 366 g/mol. The lowest BCUT2D eigenvalue weighted by atomic mass is 9.98. The van der Waals surface area contributed by atoms with Gasteiger partial charge in [0.2, 0.25) is 0 Å². The Morgan fingerprint density at radius 1 is 1.12 bits per heavy atom. The highest BCUT2D eigenvalue weighted by atomic mass is 32.2. The van der Waals surface area contributed by atoms with Crippen LogP contribution in [0, 0.1) is 13.8 Å². The molecule has 1 aromatic carbocycles. The van der Waals surface area contributed by atoms with Crippen molar-refractivity contribution in [1.82, 2.24) is 10.2 Å². The second-order valence-electron chi connectivity index (χ2n) is 6.84. The zero-order valence-corrected chi connectivity index (χ0v) is 15.2. The Morgan fingerprint density at radius 3 is 2.32 bits per heavy atom. The Bertz CT molecular complexity index is 792. The van der Waals surface area contributed by atoms with Gasteiger partial charge in [-0.15, -0.1) is 0 Å². The van der Waals surface area contributed by atoms with Gasteiger partial charge in [0, 0.05) is 6.54 Å². The fourth-order valence-corrected chi connectivity index (χ4v) is 4.45. The minimum absolute atomic E-state index is 0.209. The third-order valence-electron chi connectivity index (χ3n) is 4.69. The van der Waals surface area contributed by atoms with Gasteiger partial charge in [-0.1, -0.05) is 18.9 Å². The van der Waals surface area contributed by atoms with E-state index in [9.17, 15) is 18.0 Å². The first-order valence-corrected chi connectivity index (χ1v) is 9.93. The molecule has 25 heavy (non-hydrogen) atoms. The van der Waals surface area contributed by atoms with E-state index in [1.54, 1.807) is 12.1 Å². The van der Waals surface area contributed by atoms with Crippen molar-refractivity contribution in [3.05, 3.63) is 29.3 Å². The molecule has 3 rings (SSSR count). The molecule has 3 amide bonds. The SMILES string of the molecule is Cc1cc(C)cc(OS(=O)(=O)CCN2C(=O)NC3(CCCC3)C2=O)c1. The van der Waals surface area contributed by atoms with Crippen molar-refractivity contribution in [3.8, 4) is 5.75 Å². The van der Waals surface area contributed by atoms with Crippen LogP contribution in [-0.2, 0) is 14.9 Å². The van der Waals surface area contributed by atoms with Gasteiger partial charge in [0.25, 0.3) is 5.91 Å². The van der Waals surface area contributed by atoms with E-state index in [4.69, 9.17) is 4.18 Å². The standard InChI is InChI=1S/C17H22N2O5S/c1-12-9-13(2)11-14(10-12)24-25(22,23)8-7-19-15(20)17(18-16(19)21)5-3-4-6-17/h9-11H,3-8H2,1-2H3,(H,18,21). The summed E-state index contributed by atoms with van der Waals surface area (Å²) in [6, 6.07) is 4.65. The Hall–Kier alpha value is -2.09. The van der Waals surface area contributed by atoms with E-state index in [0.717, 1.165) is 28.9 Å². The van der Waals surface area contributed by atoms with E-state index in [-0.39, 0.29) is 18.2 Å². The molecule has 0 aromatic heterocycles. The van der Waals surface area contributed by atoms with Gasteiger partial charge >= 0.3 is 16.1 Å². The molecular formula is C17H22N2O5S. The van der Waals surface area contributed by atoms with Crippen molar-refractivity contribution in [3.63, 3.8) is 0 Å². The molecule has 2 fully saturated rings. The quantitative estimate of drug-likeness (QED) is 0.634. The molecule has 1 aliphatic heterocycles. The molecule has 0 bridgehead atoms. The van der Waals surface area contributed by atoms with Crippen molar-refractivity contribution < 1.29 is 22.2 Å². The fourth-order valence-electron chi connectivity index (χ4n) is 3.57. The number of nitrogens with zero attached hydrogens (tertiary/aromatic N) is 1. The van der Waals surface area contributed by atoms with Crippen LogP contribution in [0.15, 0.2) is 18.2 Å². The van der Waals surface area contributed by atoms with E-state index < -0.39 is 27.4 Å². The van der Waals surface area contributed by atoms with Crippen LogP contribution in [0.3, 0.4) is 0 Å². The average molecular weight is 366 g/mol. The number of urea groups is 1. The molecule has 136 valence electrons. The van der Waals surface area contributed by atoms with Gasteiger partial charge in [0.1, 0.15) is 17.0 Å². The van der Waals surface area contributed by atoms with Gasteiger partial charge in [-0.3, -0.25) is 9.69 Å². The third kappa shape index (κ3) is 3.63. The second-order valence-corrected chi connectivity index (χ2v) is 8.53. The maximum absolute atomic E-state index is 12.5. The number of rotatable bonds is 5. The number of carbonyl (C=O) groups is 2. The van der Waals surface area contributed by atoms with Gasteiger partial charge in [0.05, 0.1) is 0 Å². The van der Waals surface area contributed by atoms with Gasteiger partial charge in [0.15, 0.2) is 0 Å². The number of nitrogens with one attached hydrogen (secondary N) is 1. The van der Waals surface area contributed by atoms with Crippen LogP contribution in [0.5, 0.6) is 5.75 Å². The Morgan fingerprint density at radius 2 is 1.72 bits per heavy atom. The van der Waals surface area contributed by atoms with E-state index >= 15 is 0 Å². The summed E-state index contributed by atoms with van der Waals surface area (Å²) < 4.78 is 29.5. The largest absolute Gasteiger partial charge is 0.382 e. The summed E-state index contributed by atoms with van der Waals surface area (Å²) >= 11 is 0. The summed E-state index contributed by atoms with van der Waals surface area (Å²) in [5, 5.41) is 2.73. The van der Waals surface area contributed by atoms with E-state index in [0.29, 0.717) is 12.8 Å². The summed E-state index contributed by atoms with van der Waals surface area (Å²) in [7, 11) is -3.91. The van der Waals surface area contributed by atoms with Crippen LogP contribution in [0.2, 0.25) is 0 Å². The molecule has 0 radical (unpaired) electrons. The highest BCUT2D eigenvalue weighted by Crippen LogP contribution is 2.35. The topological polar surface area (TPSA) is 92.8 Å². The summed E-state index contributed by atoms with van der Waals surface area (Å²) in [4.78, 5) is 25.6. The number of amides is 3. The predicted octanol–water partition coefficient (Wildman–Crippen LogP) is 1.88. The highest BCUT2D eigenvalue weighted by Gasteiger charge is 2.52. The van der Waals surface area contributed by atoms with Crippen molar-refractivity contribution >= 4 is 22.1 Å². The molecule has 7 nitrogen and oxygen atoms in total. The minimum atomic E-state index is -3.91. The normalized spacial score (nSPS) is 19.5. The molecular weight excluding hydrogens is 344 g/mol. The lowest BCUT2D eigenvalue weighted by Crippen LogP contribution is -2.44. The summed E-state index contributed by atoms with van der Waals surface area (Å²) in [6.07, 6.45) is 2.99. The molecule has 0 unspecified atom stereocenters. The van der Waals surface area contributed by atoms with Crippen molar-refractivity contribution in [2.24, 2.45) is 0 Å². The Labute approximate surface area is 147 Å². The molecule has 1 saturated heterocycles. The lowest BCUT2D eigenvalue weighted by Gasteiger charge is -2.20. The highest BCUT2D eigenvalue weighted by molar-refractivity contribution is 7.87. The summed E-state index contributed by atoms with van der Waals surface area (Å²) in [6.45, 7) is 3.49. The molecule has 1 aliphatic carbocycles. The maximum Gasteiger partial charge on any atom is 0.325 e. The molecule has 0 atom stereocenters. The van der Waals surface area contributed by atoms with Crippen molar-refractivity contribution in [2.45, 2.75) is 45.1 Å². The third-order valence-corrected chi connectivity index (χ3v) is 5.82. The first-order valence-electron chi connectivity index (χ1n) is 8.35. The van der Waals surface area contributed by atoms with Crippen LogP contribution in [-0.4, -0.2) is 43.1 Å². The second kappa shape index (κ2) is 6.33. The van der Waals surface area contributed by atoms with E-state index in [2.05, 4.69) is 5.32 Å². The zero-order valence-electron chi connectivity index (χ0n) is 14.4. The molecule has 1 saturated carbocycles. The average Bonchev–Trinajstić information content (AvgIpc) is 3.03.